The lowest BCUT2D eigenvalue weighted by atomic mass is 9.29. The van der Waals surface area contributed by atoms with Crippen molar-refractivity contribution >= 4 is 90.0 Å². The van der Waals surface area contributed by atoms with Gasteiger partial charge in [0.25, 0.3) is 0 Å². The Bertz CT molecular complexity index is 2660. The van der Waals surface area contributed by atoms with Crippen LogP contribution in [0.3, 0.4) is 0 Å². The van der Waals surface area contributed by atoms with Crippen LogP contribution in [0.15, 0.2) is 160 Å². The van der Waals surface area contributed by atoms with Gasteiger partial charge in [0.05, 0.1) is 11.1 Å². The molecule has 6 aromatic carbocycles. The number of anilines is 5. The lowest BCUT2D eigenvalue weighted by Gasteiger charge is -2.48. The zero-order valence-electron chi connectivity index (χ0n) is 25.4. The van der Waals surface area contributed by atoms with Crippen LogP contribution in [0.4, 0.5) is 28.4 Å². The number of rotatable bonds is 2. The molecule has 47 heavy (non-hydrogen) atoms. The molecule has 4 nitrogen and oxygen atoms in total. The second kappa shape index (κ2) is 9.30. The van der Waals surface area contributed by atoms with Crippen molar-refractivity contribution in [3.63, 3.8) is 0 Å². The molecule has 0 N–H and O–H groups in total. The maximum atomic E-state index is 6.39. The first-order valence-corrected chi connectivity index (χ1v) is 16.3. The summed E-state index contributed by atoms with van der Waals surface area (Å²) in [5.41, 5.74) is 13.7. The average Bonchev–Trinajstić information content (AvgIpc) is 3.70. The lowest BCUT2D eigenvalue weighted by molar-refractivity contribution is 0.668. The Hall–Kier alpha value is -5.94. The van der Waals surface area contributed by atoms with E-state index in [1.165, 1.54) is 33.7 Å². The standard InChI is InChI=1S/C42H27BN2O2/c1-7-20-37-27(11-1)29-25-26(23-24-39(29)46-37)44-32-15-5-3-13-30(32)43-31-14-4-6-16-33(31)45(36-19-9-18-35(44)42(36)43)34-17-10-22-40-41(34)28-12-2-8-21-38(28)47-40/h1-13,15-25,31H,14H2. The van der Waals surface area contributed by atoms with Crippen LogP contribution in [0.2, 0.25) is 5.82 Å². The van der Waals surface area contributed by atoms with Crippen LogP contribution in [0, 0.1) is 0 Å². The molecule has 1 atom stereocenters. The van der Waals surface area contributed by atoms with E-state index >= 15 is 0 Å². The van der Waals surface area contributed by atoms with Gasteiger partial charge < -0.3 is 18.6 Å². The zero-order valence-corrected chi connectivity index (χ0v) is 25.4. The van der Waals surface area contributed by atoms with Crippen molar-refractivity contribution in [1.82, 2.24) is 0 Å². The van der Waals surface area contributed by atoms with Gasteiger partial charge in [-0.25, -0.2) is 0 Å². The van der Waals surface area contributed by atoms with E-state index in [1.54, 1.807) is 0 Å². The summed E-state index contributed by atoms with van der Waals surface area (Å²) in [7, 11) is 0. The fourth-order valence-electron chi connectivity index (χ4n) is 8.57. The summed E-state index contributed by atoms with van der Waals surface area (Å²) in [5, 5.41) is 4.56. The third-order valence-electron chi connectivity index (χ3n) is 10.4. The minimum absolute atomic E-state index is 0.222. The molecule has 1 aliphatic carbocycles. The maximum Gasteiger partial charge on any atom is 0.226 e. The number of nitrogens with zero attached hydrogens (tertiary/aromatic N) is 2. The van der Waals surface area contributed by atoms with Gasteiger partial charge in [0.2, 0.25) is 6.71 Å². The predicted molar refractivity (Wildman–Crippen MR) is 195 cm³/mol. The Morgan fingerprint density at radius 3 is 2.13 bits per heavy atom. The summed E-state index contributed by atoms with van der Waals surface area (Å²) in [4.78, 5) is 4.98. The van der Waals surface area contributed by atoms with Gasteiger partial charge in [0.15, 0.2) is 0 Å². The van der Waals surface area contributed by atoms with Crippen molar-refractivity contribution in [3.8, 4) is 0 Å². The van der Waals surface area contributed by atoms with Crippen molar-refractivity contribution in [1.29, 1.82) is 0 Å². The Labute approximate surface area is 271 Å². The highest BCUT2D eigenvalue weighted by molar-refractivity contribution is 6.91. The molecule has 11 rings (SSSR count). The average molecular weight is 603 g/mol. The van der Waals surface area contributed by atoms with Gasteiger partial charge in [0.1, 0.15) is 22.3 Å². The normalized spacial score (nSPS) is 16.6. The summed E-state index contributed by atoms with van der Waals surface area (Å²) in [5.74, 6) is 0.283. The highest BCUT2D eigenvalue weighted by Gasteiger charge is 2.47. The van der Waals surface area contributed by atoms with Gasteiger partial charge in [-0.2, -0.15) is 0 Å². The monoisotopic (exact) mass is 602 g/mol. The van der Waals surface area contributed by atoms with E-state index in [-0.39, 0.29) is 12.5 Å². The summed E-state index contributed by atoms with van der Waals surface area (Å²) >= 11 is 0. The molecule has 220 valence electrons. The van der Waals surface area contributed by atoms with Crippen molar-refractivity contribution in [3.05, 3.63) is 151 Å². The Morgan fingerprint density at radius 2 is 1.21 bits per heavy atom. The molecule has 2 aliphatic heterocycles. The molecular formula is C42H27BN2O2. The number of hydrogen-bond acceptors (Lipinski definition) is 4. The van der Waals surface area contributed by atoms with Gasteiger partial charge in [-0.05, 0) is 89.9 Å². The minimum atomic E-state index is 0.222. The summed E-state index contributed by atoms with van der Waals surface area (Å²) in [6.07, 6.45) is 7.87. The maximum absolute atomic E-state index is 6.39. The Kier molecular flexibility index (Phi) is 5.00. The summed E-state index contributed by atoms with van der Waals surface area (Å²) < 4.78 is 12.6. The molecule has 0 saturated carbocycles. The van der Waals surface area contributed by atoms with Crippen LogP contribution in [-0.4, -0.2) is 6.71 Å². The van der Waals surface area contributed by atoms with Crippen molar-refractivity contribution in [2.45, 2.75) is 12.2 Å². The van der Waals surface area contributed by atoms with Crippen molar-refractivity contribution in [2.75, 3.05) is 9.80 Å². The van der Waals surface area contributed by atoms with E-state index in [1.807, 2.05) is 18.2 Å². The molecular weight excluding hydrogens is 575 g/mol. The Morgan fingerprint density at radius 1 is 0.553 bits per heavy atom. The molecule has 2 aromatic heterocycles. The molecule has 0 fully saturated rings. The molecule has 8 aromatic rings. The van der Waals surface area contributed by atoms with Crippen LogP contribution in [0.5, 0.6) is 0 Å². The highest BCUT2D eigenvalue weighted by Crippen LogP contribution is 2.51. The minimum Gasteiger partial charge on any atom is -0.456 e. The molecule has 0 saturated heterocycles. The van der Waals surface area contributed by atoms with Gasteiger partial charge in [-0.1, -0.05) is 78.9 Å². The second-order valence-electron chi connectivity index (χ2n) is 12.8. The fraction of sp³-hybridized carbons (Fsp3) is 0.0476. The van der Waals surface area contributed by atoms with Gasteiger partial charge in [0, 0.05) is 44.6 Å². The summed E-state index contributed by atoms with van der Waals surface area (Å²) in [6, 6.07) is 45.6. The van der Waals surface area contributed by atoms with Crippen molar-refractivity contribution < 1.29 is 8.83 Å². The predicted octanol–water partition coefficient (Wildman–Crippen LogP) is 10.2. The first kappa shape index (κ1) is 25.3. The third-order valence-corrected chi connectivity index (χ3v) is 10.4. The van der Waals surface area contributed by atoms with Crippen LogP contribution in [0.1, 0.15) is 6.42 Å². The molecule has 5 heteroatoms. The van der Waals surface area contributed by atoms with E-state index < -0.39 is 0 Å². The van der Waals surface area contributed by atoms with Crippen LogP contribution in [0.25, 0.3) is 43.9 Å². The number of allylic oxidation sites excluding steroid dienone is 4. The number of benzene rings is 6. The lowest BCUT2D eigenvalue weighted by Crippen LogP contribution is -2.58. The zero-order chi connectivity index (χ0) is 30.6. The van der Waals surface area contributed by atoms with E-state index in [2.05, 4.69) is 137 Å². The van der Waals surface area contributed by atoms with E-state index in [4.69, 9.17) is 8.83 Å². The highest BCUT2D eigenvalue weighted by atomic mass is 16.3. The van der Waals surface area contributed by atoms with Crippen LogP contribution >= 0.6 is 0 Å². The first-order valence-electron chi connectivity index (χ1n) is 16.3. The number of furan rings is 2. The van der Waals surface area contributed by atoms with Crippen molar-refractivity contribution in [2.24, 2.45) is 0 Å². The molecule has 1 unspecified atom stereocenters. The SMILES string of the molecule is C1=CCC2B3c4ccccc4N(c4ccc5oc6ccccc6c5c4)c4cccc(c43)N(c3cccc4oc5ccccc5c34)C2=C1. The van der Waals surface area contributed by atoms with Gasteiger partial charge in [-0.15, -0.1) is 0 Å². The summed E-state index contributed by atoms with van der Waals surface area (Å²) in [6.45, 7) is 0.222. The topological polar surface area (TPSA) is 32.8 Å². The number of para-hydroxylation sites is 3. The van der Waals surface area contributed by atoms with E-state index in [0.717, 1.165) is 61.7 Å². The smallest absolute Gasteiger partial charge is 0.226 e. The largest absolute Gasteiger partial charge is 0.456 e. The van der Waals surface area contributed by atoms with Gasteiger partial charge >= 0.3 is 0 Å². The first-order chi connectivity index (χ1) is 23.3. The molecule has 0 spiro atoms. The molecule has 4 heterocycles. The van der Waals surface area contributed by atoms with Crippen LogP contribution in [-0.2, 0) is 0 Å². The number of fused-ring (bicyclic) bond motifs is 10. The molecule has 0 amide bonds. The Balaban J connectivity index is 1.20. The third kappa shape index (κ3) is 3.38. The quantitative estimate of drug-likeness (QED) is 0.184. The fourth-order valence-corrected chi connectivity index (χ4v) is 8.57. The van der Waals surface area contributed by atoms with Gasteiger partial charge in [-0.3, -0.25) is 0 Å². The number of hydrogen-bond donors (Lipinski definition) is 0. The molecule has 3 aliphatic rings. The van der Waals surface area contributed by atoms with E-state index in [0.29, 0.717) is 0 Å². The molecule has 0 bridgehead atoms. The van der Waals surface area contributed by atoms with E-state index in [9.17, 15) is 0 Å². The molecule has 0 radical (unpaired) electrons. The second-order valence-corrected chi connectivity index (χ2v) is 12.8. The van der Waals surface area contributed by atoms with Crippen LogP contribution < -0.4 is 20.7 Å².